The first kappa shape index (κ1) is 36.2. The summed E-state index contributed by atoms with van der Waals surface area (Å²) >= 11 is 6.45. The van der Waals surface area contributed by atoms with Gasteiger partial charge in [-0.05, 0) is 104 Å². The van der Waals surface area contributed by atoms with Crippen LogP contribution in [0, 0.1) is 0 Å². The van der Waals surface area contributed by atoms with Crippen molar-refractivity contribution in [1.29, 1.82) is 0 Å². The highest BCUT2D eigenvalue weighted by atomic mass is 32.2. The Balaban J connectivity index is 1.37. The molecule has 1 N–H and O–H groups in total. The van der Waals surface area contributed by atoms with Gasteiger partial charge in [0.05, 0.1) is 28.2 Å². The number of benzene rings is 3. The number of carboxylic acid groups (broad SMARTS) is 1. The second-order valence-electron chi connectivity index (χ2n) is 11.3. The Morgan fingerprint density at radius 3 is 2.12 bits per heavy atom. The molecule has 2 aliphatic rings. The lowest BCUT2D eigenvalue weighted by Crippen LogP contribution is -2.29. The van der Waals surface area contributed by atoms with Gasteiger partial charge in [-0.25, -0.2) is 4.79 Å². The maximum Gasteiger partial charge on any atom is 0.416 e. The summed E-state index contributed by atoms with van der Waals surface area (Å²) in [5.74, 6) is -0.727. The topological polar surface area (TPSA) is 79.3 Å². The zero-order valence-corrected chi connectivity index (χ0v) is 27.4. The van der Waals surface area contributed by atoms with Crippen molar-refractivity contribution in [3.63, 3.8) is 0 Å². The summed E-state index contributed by atoms with van der Waals surface area (Å²) in [6.07, 6.45) is -6.01. The van der Waals surface area contributed by atoms with Crippen LogP contribution < -0.4 is 9.47 Å². The number of hydrogen-bond donors (Lipinski definition) is 1. The fraction of sp³-hybridized carbons (Fsp3) is 0.324. The third kappa shape index (κ3) is 9.34. The van der Waals surface area contributed by atoms with E-state index < -0.39 is 35.4 Å². The van der Waals surface area contributed by atoms with Crippen LogP contribution in [0.5, 0.6) is 11.5 Å². The number of hydrogen-bond acceptors (Lipinski definition) is 7. The quantitative estimate of drug-likeness (QED) is 0.0867. The van der Waals surface area contributed by atoms with E-state index in [1.54, 1.807) is 0 Å². The predicted molar refractivity (Wildman–Crippen MR) is 176 cm³/mol. The van der Waals surface area contributed by atoms with Gasteiger partial charge in [-0.15, -0.1) is 0 Å². The molecule has 1 amide bonds. The molecule has 3 aromatic carbocycles. The highest BCUT2D eigenvalue weighted by Gasteiger charge is 2.37. The maximum absolute atomic E-state index is 13.6. The fourth-order valence-corrected chi connectivity index (χ4v) is 6.62. The van der Waals surface area contributed by atoms with Crippen LogP contribution in [0.15, 0.2) is 65.6 Å². The number of carbonyl (C=O) groups is 2. The summed E-state index contributed by atoms with van der Waals surface area (Å²) in [5, 5.41) is 9.03. The Labute approximate surface area is 287 Å². The molecule has 15 heteroatoms. The molecule has 0 saturated carbocycles. The summed E-state index contributed by atoms with van der Waals surface area (Å²) in [4.78, 5) is 28.2. The van der Waals surface area contributed by atoms with Crippen molar-refractivity contribution in [3.8, 4) is 22.6 Å². The third-order valence-electron chi connectivity index (χ3n) is 7.85. The zero-order chi connectivity index (χ0) is 35.3. The maximum atomic E-state index is 13.6. The number of ether oxygens (including phenoxy) is 2. The lowest BCUT2D eigenvalue weighted by molar-refractivity contribution is -0.143. The molecule has 0 bridgehead atoms. The molecule has 7 nitrogen and oxygen atoms in total. The molecule has 49 heavy (non-hydrogen) atoms. The summed E-state index contributed by atoms with van der Waals surface area (Å²) in [5.41, 5.74) is -2.70. The van der Waals surface area contributed by atoms with Gasteiger partial charge < -0.3 is 14.6 Å². The third-order valence-corrected chi connectivity index (χ3v) is 9.23. The van der Waals surface area contributed by atoms with E-state index in [0.29, 0.717) is 42.2 Å². The van der Waals surface area contributed by atoms with Gasteiger partial charge in [0.1, 0.15) is 22.4 Å². The van der Waals surface area contributed by atoms with E-state index in [1.807, 2.05) is 0 Å². The Morgan fingerprint density at radius 2 is 1.51 bits per heavy atom. The van der Waals surface area contributed by atoms with Crippen molar-refractivity contribution in [1.82, 2.24) is 9.80 Å². The molecule has 3 aromatic rings. The average Bonchev–Trinajstić information content (AvgIpc) is 3.66. The second kappa shape index (κ2) is 15.2. The number of thiocarbonyl (C=S) groups is 1. The van der Waals surface area contributed by atoms with E-state index in [-0.39, 0.29) is 51.7 Å². The van der Waals surface area contributed by atoms with Crippen molar-refractivity contribution in [3.05, 3.63) is 87.8 Å². The van der Waals surface area contributed by atoms with Crippen molar-refractivity contribution >= 4 is 46.3 Å². The van der Waals surface area contributed by atoms with Gasteiger partial charge >= 0.3 is 18.3 Å². The molecule has 260 valence electrons. The minimum absolute atomic E-state index is 0.0683. The molecule has 2 fully saturated rings. The smallest absolute Gasteiger partial charge is 0.416 e. The number of likely N-dealkylation sites (tertiary alicyclic amines) is 1. The highest BCUT2D eigenvalue weighted by Crippen LogP contribution is 2.40. The molecule has 0 spiro atoms. The van der Waals surface area contributed by atoms with Crippen molar-refractivity contribution in [2.75, 3.05) is 39.4 Å². The van der Waals surface area contributed by atoms with Gasteiger partial charge in [-0.1, -0.05) is 30.0 Å². The van der Waals surface area contributed by atoms with Gasteiger partial charge in [-0.2, -0.15) is 26.3 Å². The van der Waals surface area contributed by atoms with Gasteiger partial charge in [0.2, 0.25) is 0 Å². The number of aromatic carboxylic acids is 1. The van der Waals surface area contributed by atoms with Crippen LogP contribution in [0.2, 0.25) is 0 Å². The molecule has 0 aromatic heterocycles. The van der Waals surface area contributed by atoms with Crippen LogP contribution in [-0.4, -0.2) is 70.5 Å². The Hall–Kier alpha value is -4.08. The Bertz CT molecular complexity index is 1710. The molecule has 2 heterocycles. The molecule has 2 aliphatic heterocycles. The van der Waals surface area contributed by atoms with Crippen LogP contribution in [0.25, 0.3) is 17.2 Å². The fourth-order valence-electron chi connectivity index (χ4n) is 5.33. The van der Waals surface area contributed by atoms with Crippen LogP contribution in [-0.2, 0) is 17.1 Å². The van der Waals surface area contributed by atoms with Gasteiger partial charge in [0, 0.05) is 18.7 Å². The Kier molecular flexibility index (Phi) is 11.2. The number of nitrogens with zero attached hydrogens (tertiary/aromatic N) is 2. The van der Waals surface area contributed by atoms with E-state index >= 15 is 0 Å². The minimum Gasteiger partial charge on any atom is -0.494 e. The summed E-state index contributed by atoms with van der Waals surface area (Å²) < 4.78 is 93.5. The van der Waals surface area contributed by atoms with E-state index in [1.165, 1.54) is 53.4 Å². The van der Waals surface area contributed by atoms with Crippen LogP contribution in [0.4, 0.5) is 26.3 Å². The largest absolute Gasteiger partial charge is 0.494 e. The molecule has 0 unspecified atom stereocenters. The summed E-state index contributed by atoms with van der Waals surface area (Å²) in [7, 11) is 0. The van der Waals surface area contributed by atoms with E-state index in [2.05, 4.69) is 4.90 Å². The van der Waals surface area contributed by atoms with E-state index in [0.717, 1.165) is 37.7 Å². The molecule has 0 radical (unpaired) electrons. The molecule has 2 saturated heterocycles. The van der Waals surface area contributed by atoms with Crippen molar-refractivity contribution < 1.29 is 50.5 Å². The number of thioether (sulfide) groups is 1. The number of amides is 1. The first-order valence-corrected chi connectivity index (χ1v) is 16.4. The predicted octanol–water partition coefficient (Wildman–Crippen LogP) is 8.23. The standard InChI is InChI=1S/C34H30F6N2O5S2/c35-33(36,37)25-17-23(18-26(20-25)34(38,39)40)22-6-9-28(47-15-13-41-10-1-2-11-41)24(16-22)19-29-30(43)42(32(48)49-29)12-3-14-46-27-7-4-21(5-8-27)31(44)45/h4-9,16-20H,1-3,10-15H2,(H,44,45)/b29-19-. The van der Waals surface area contributed by atoms with Crippen molar-refractivity contribution in [2.24, 2.45) is 0 Å². The van der Waals surface area contributed by atoms with E-state index in [9.17, 15) is 35.9 Å². The number of rotatable bonds is 12. The number of halogens is 6. The number of carbonyl (C=O) groups excluding carboxylic acids is 1. The summed E-state index contributed by atoms with van der Waals surface area (Å²) in [6, 6.07) is 11.5. The molecular weight excluding hydrogens is 695 g/mol. The lowest BCUT2D eigenvalue weighted by atomic mass is 9.97. The zero-order valence-electron chi connectivity index (χ0n) is 25.8. The Morgan fingerprint density at radius 1 is 0.857 bits per heavy atom. The van der Waals surface area contributed by atoms with Crippen LogP contribution in [0.3, 0.4) is 0 Å². The first-order chi connectivity index (χ1) is 23.2. The molecular formula is C34H30F6N2O5S2. The monoisotopic (exact) mass is 724 g/mol. The average molecular weight is 725 g/mol. The van der Waals surface area contributed by atoms with E-state index in [4.69, 9.17) is 26.8 Å². The van der Waals surface area contributed by atoms with Gasteiger partial charge in [0.15, 0.2) is 0 Å². The van der Waals surface area contributed by atoms with Crippen LogP contribution in [0.1, 0.15) is 46.3 Å². The highest BCUT2D eigenvalue weighted by molar-refractivity contribution is 8.26. The van der Waals surface area contributed by atoms with Gasteiger partial charge in [-0.3, -0.25) is 14.6 Å². The lowest BCUT2D eigenvalue weighted by Gasteiger charge is -2.17. The molecule has 5 rings (SSSR count). The number of alkyl halides is 6. The second-order valence-corrected chi connectivity index (χ2v) is 13.0. The van der Waals surface area contributed by atoms with Crippen molar-refractivity contribution in [2.45, 2.75) is 31.6 Å². The molecule has 0 atom stereocenters. The SMILES string of the molecule is O=C(O)c1ccc(OCCCN2C(=O)/C(=C/c3cc(-c4cc(C(F)(F)F)cc(C(F)(F)F)c4)ccc3OCCN3CCCC3)SC2=S)cc1. The normalized spacial score (nSPS) is 16.5. The minimum atomic E-state index is -5.01. The first-order valence-electron chi connectivity index (χ1n) is 15.2. The summed E-state index contributed by atoms with van der Waals surface area (Å²) in [6.45, 7) is 3.17. The van der Waals surface area contributed by atoms with Gasteiger partial charge in [0.25, 0.3) is 5.91 Å². The molecule has 0 aliphatic carbocycles. The number of carboxylic acids is 1. The van der Waals surface area contributed by atoms with Crippen LogP contribution >= 0.6 is 24.0 Å².